The quantitative estimate of drug-likeness (QED) is 0.787. The summed E-state index contributed by atoms with van der Waals surface area (Å²) in [4.78, 5) is 0. The minimum Gasteiger partial charge on any atom is -0.198 e. The second-order valence-electron chi connectivity index (χ2n) is 5.63. The lowest BCUT2D eigenvalue weighted by molar-refractivity contribution is 0.249. The monoisotopic (exact) mass is 296 g/mol. The van der Waals surface area contributed by atoms with Crippen molar-refractivity contribution >= 4 is 10.2 Å². The Morgan fingerprint density at radius 3 is 2.35 bits per heavy atom. The Morgan fingerprint density at radius 2 is 1.85 bits per heavy atom. The van der Waals surface area contributed by atoms with Gasteiger partial charge in [-0.15, -0.1) is 6.58 Å². The van der Waals surface area contributed by atoms with Crippen LogP contribution < -0.4 is 4.72 Å². The van der Waals surface area contributed by atoms with Gasteiger partial charge in [-0.05, 0) is 32.8 Å². The fraction of sp³-hybridized carbons (Fsp3) is 0.467. The van der Waals surface area contributed by atoms with Crippen LogP contribution in [0.5, 0.6) is 0 Å². The summed E-state index contributed by atoms with van der Waals surface area (Å²) < 4.78 is 29.0. The van der Waals surface area contributed by atoms with Crippen molar-refractivity contribution in [3.05, 3.63) is 48.6 Å². The van der Waals surface area contributed by atoms with Gasteiger partial charge in [0.05, 0.1) is 0 Å². The smallest absolute Gasteiger partial charge is 0.198 e. The first-order valence-electron chi connectivity index (χ1n) is 6.69. The normalized spacial score (nSPS) is 12.6. The van der Waals surface area contributed by atoms with E-state index >= 15 is 0 Å². The Labute approximate surface area is 122 Å². The van der Waals surface area contributed by atoms with Gasteiger partial charge in [-0.2, -0.15) is 17.4 Å². The molecule has 1 rings (SSSR count). The summed E-state index contributed by atoms with van der Waals surface area (Å²) in [5.74, 6) is 0. The first-order valence-corrected chi connectivity index (χ1v) is 8.13. The van der Waals surface area contributed by atoms with Crippen molar-refractivity contribution < 1.29 is 8.42 Å². The van der Waals surface area contributed by atoms with E-state index in [0.717, 1.165) is 5.56 Å². The molecule has 0 saturated heterocycles. The van der Waals surface area contributed by atoms with Crippen LogP contribution in [0.1, 0.15) is 32.8 Å². The Morgan fingerprint density at radius 1 is 1.25 bits per heavy atom. The lowest BCUT2D eigenvalue weighted by Gasteiger charge is -2.34. The molecule has 1 aromatic carbocycles. The third kappa shape index (κ3) is 5.07. The lowest BCUT2D eigenvalue weighted by atomic mass is 10.1. The van der Waals surface area contributed by atoms with Crippen LogP contribution in [0.2, 0.25) is 0 Å². The van der Waals surface area contributed by atoms with Crippen molar-refractivity contribution in [1.82, 2.24) is 9.03 Å². The molecule has 1 aromatic rings. The second-order valence-corrected chi connectivity index (χ2v) is 7.31. The van der Waals surface area contributed by atoms with Crippen LogP contribution in [-0.2, 0) is 16.8 Å². The molecule has 20 heavy (non-hydrogen) atoms. The molecule has 0 aromatic heterocycles. The highest BCUT2D eigenvalue weighted by molar-refractivity contribution is 7.87. The summed E-state index contributed by atoms with van der Waals surface area (Å²) in [7, 11) is -3.51. The number of rotatable bonds is 7. The van der Waals surface area contributed by atoms with Gasteiger partial charge in [-0.1, -0.05) is 36.4 Å². The maximum absolute atomic E-state index is 12.4. The molecule has 0 spiro atoms. The Kier molecular flexibility index (Phi) is 5.92. The van der Waals surface area contributed by atoms with E-state index in [-0.39, 0.29) is 0 Å². The molecule has 0 amide bonds. The van der Waals surface area contributed by atoms with Gasteiger partial charge >= 0.3 is 0 Å². The maximum Gasteiger partial charge on any atom is 0.280 e. The zero-order valence-corrected chi connectivity index (χ0v) is 13.3. The van der Waals surface area contributed by atoms with Gasteiger partial charge < -0.3 is 0 Å². The van der Waals surface area contributed by atoms with Crippen LogP contribution in [0, 0.1) is 0 Å². The predicted octanol–water partition coefficient (Wildman–Crippen LogP) is 2.70. The summed E-state index contributed by atoms with van der Waals surface area (Å²) in [6, 6.07) is 9.48. The van der Waals surface area contributed by atoms with E-state index in [1.807, 2.05) is 51.1 Å². The summed E-state index contributed by atoms with van der Waals surface area (Å²) in [5.41, 5.74) is 0.472. The molecule has 1 N–H and O–H groups in total. The van der Waals surface area contributed by atoms with E-state index in [4.69, 9.17) is 0 Å². The number of nitrogens with zero attached hydrogens (tertiary/aromatic N) is 1. The third-order valence-electron chi connectivity index (χ3n) is 2.88. The topological polar surface area (TPSA) is 49.4 Å². The van der Waals surface area contributed by atoms with Gasteiger partial charge in [-0.3, -0.25) is 0 Å². The number of benzene rings is 1. The third-order valence-corrected chi connectivity index (χ3v) is 4.70. The highest BCUT2D eigenvalue weighted by Gasteiger charge is 2.31. The Bertz CT molecular complexity index is 519. The number of hydrogen-bond donors (Lipinski definition) is 1. The summed E-state index contributed by atoms with van der Waals surface area (Å²) in [6.07, 6.45) is 2.36. The van der Waals surface area contributed by atoms with E-state index < -0.39 is 15.7 Å². The fourth-order valence-electron chi connectivity index (χ4n) is 1.87. The van der Waals surface area contributed by atoms with Crippen LogP contribution in [0.4, 0.5) is 0 Å². The van der Waals surface area contributed by atoms with Gasteiger partial charge in [0.2, 0.25) is 0 Å². The molecule has 0 aliphatic carbocycles. The van der Waals surface area contributed by atoms with E-state index in [1.165, 1.54) is 4.31 Å². The van der Waals surface area contributed by atoms with Crippen molar-refractivity contribution in [3.63, 3.8) is 0 Å². The van der Waals surface area contributed by atoms with E-state index in [2.05, 4.69) is 11.3 Å². The first-order chi connectivity index (χ1) is 9.27. The zero-order chi connectivity index (χ0) is 15.2. The predicted molar refractivity (Wildman–Crippen MR) is 83.5 cm³/mol. The summed E-state index contributed by atoms with van der Waals surface area (Å²) in [6.45, 7) is 10.0. The molecule has 0 fully saturated rings. The molecule has 4 nitrogen and oxygen atoms in total. The molecule has 0 heterocycles. The van der Waals surface area contributed by atoms with Gasteiger partial charge in [0, 0.05) is 18.6 Å². The Balaban J connectivity index is 2.80. The first kappa shape index (κ1) is 16.9. The minimum atomic E-state index is -3.51. The molecule has 5 heteroatoms. The van der Waals surface area contributed by atoms with Crippen molar-refractivity contribution in [2.24, 2.45) is 0 Å². The van der Waals surface area contributed by atoms with Crippen molar-refractivity contribution in [2.45, 2.75) is 39.3 Å². The van der Waals surface area contributed by atoms with E-state index in [1.54, 1.807) is 6.08 Å². The average Bonchev–Trinajstić information content (AvgIpc) is 2.36. The zero-order valence-electron chi connectivity index (χ0n) is 12.5. The van der Waals surface area contributed by atoms with Crippen LogP contribution in [0.3, 0.4) is 0 Å². The highest BCUT2D eigenvalue weighted by Crippen LogP contribution is 2.18. The highest BCUT2D eigenvalue weighted by atomic mass is 32.2. The van der Waals surface area contributed by atoms with Crippen LogP contribution >= 0.6 is 0 Å². The van der Waals surface area contributed by atoms with E-state index in [9.17, 15) is 8.42 Å². The van der Waals surface area contributed by atoms with E-state index in [0.29, 0.717) is 19.5 Å². The van der Waals surface area contributed by atoms with Crippen LogP contribution in [-0.4, -0.2) is 24.8 Å². The molecule has 0 radical (unpaired) electrons. The lowest BCUT2D eigenvalue weighted by Crippen LogP contribution is -2.50. The van der Waals surface area contributed by atoms with Gasteiger partial charge in [0.15, 0.2) is 0 Å². The largest absolute Gasteiger partial charge is 0.280 e. The van der Waals surface area contributed by atoms with Crippen molar-refractivity contribution in [1.29, 1.82) is 0 Å². The van der Waals surface area contributed by atoms with Gasteiger partial charge in [-0.25, -0.2) is 0 Å². The second kappa shape index (κ2) is 7.02. The standard InChI is InChI=1S/C15H24N2O2S/c1-5-6-12-17(15(2,3)4)20(18,19)16-13-14-10-8-7-9-11-14/h5,7-11,16H,1,6,12-13H2,2-4H3. The van der Waals surface area contributed by atoms with Gasteiger partial charge in [0.1, 0.15) is 0 Å². The Hall–Kier alpha value is -1.17. The molecular formula is C15H24N2O2S. The van der Waals surface area contributed by atoms with Crippen LogP contribution in [0.15, 0.2) is 43.0 Å². The van der Waals surface area contributed by atoms with Crippen LogP contribution in [0.25, 0.3) is 0 Å². The molecule has 0 saturated carbocycles. The maximum atomic E-state index is 12.4. The van der Waals surface area contributed by atoms with Gasteiger partial charge in [0.25, 0.3) is 10.2 Å². The molecule has 0 aliphatic rings. The molecular weight excluding hydrogens is 272 g/mol. The van der Waals surface area contributed by atoms with Crippen molar-refractivity contribution in [3.8, 4) is 0 Å². The molecule has 0 atom stereocenters. The molecule has 0 bridgehead atoms. The molecule has 0 aliphatic heterocycles. The number of nitrogens with one attached hydrogen (secondary N) is 1. The summed E-state index contributed by atoms with van der Waals surface area (Å²) in [5, 5.41) is 0. The van der Waals surface area contributed by atoms with Crippen molar-refractivity contribution in [2.75, 3.05) is 6.54 Å². The minimum absolute atomic E-state index is 0.295. The fourth-order valence-corrected chi connectivity index (χ4v) is 3.44. The molecule has 0 unspecified atom stereocenters. The summed E-state index contributed by atoms with van der Waals surface area (Å²) >= 11 is 0. The average molecular weight is 296 g/mol. The SMILES string of the molecule is C=CCCN(C(C)(C)C)S(=O)(=O)NCc1ccccc1. The number of hydrogen-bond acceptors (Lipinski definition) is 2. The molecule has 112 valence electrons.